The van der Waals surface area contributed by atoms with Crippen LogP contribution in [-0.4, -0.2) is 47.0 Å². The Morgan fingerprint density at radius 1 is 1.06 bits per heavy atom. The van der Waals surface area contributed by atoms with Crippen LogP contribution >= 0.6 is 35.4 Å². The lowest BCUT2D eigenvalue weighted by Crippen LogP contribution is -2.52. The molecule has 0 saturated carbocycles. The Morgan fingerprint density at radius 2 is 1.77 bits per heavy atom. The molecule has 1 N–H and O–H groups in total. The van der Waals surface area contributed by atoms with Crippen LogP contribution in [0.3, 0.4) is 0 Å². The summed E-state index contributed by atoms with van der Waals surface area (Å²) in [6, 6.07) is 15.2. The summed E-state index contributed by atoms with van der Waals surface area (Å²) >= 11 is 17.7. The van der Waals surface area contributed by atoms with Gasteiger partial charge in [0.1, 0.15) is 11.5 Å². The molecule has 35 heavy (non-hydrogen) atoms. The van der Waals surface area contributed by atoms with Gasteiger partial charge >= 0.3 is 0 Å². The topological polar surface area (TPSA) is 91.9 Å². The lowest BCUT2D eigenvalue weighted by Gasteiger charge is -2.37. The highest BCUT2D eigenvalue weighted by atomic mass is 35.5. The molecule has 8 nitrogen and oxygen atoms in total. The first-order valence-electron chi connectivity index (χ1n) is 10.6. The standard InChI is InChI=1S/C24H20Cl2N4O4S/c25-20-3-1-2-19(23(20)26)21-10-8-18(34-21)9-11-22(31)27-24(35)29-14-12-28(13-15-29)16-4-6-17(7-5-16)30(32)33/h1-11H,12-15H2,(H,27,31,35). The number of piperazine rings is 1. The van der Waals surface area contributed by atoms with Gasteiger partial charge in [0, 0.05) is 55.6 Å². The molecule has 1 aromatic heterocycles. The molecule has 2 heterocycles. The maximum atomic E-state index is 12.4. The van der Waals surface area contributed by atoms with Crippen molar-refractivity contribution in [1.82, 2.24) is 10.2 Å². The largest absolute Gasteiger partial charge is 0.457 e. The van der Waals surface area contributed by atoms with E-state index in [1.54, 1.807) is 48.5 Å². The Balaban J connectivity index is 1.28. The molecule has 1 saturated heterocycles. The average Bonchev–Trinajstić information content (AvgIpc) is 3.33. The maximum Gasteiger partial charge on any atom is 0.269 e. The van der Waals surface area contributed by atoms with E-state index in [0.717, 1.165) is 5.69 Å². The number of hydrogen-bond acceptors (Lipinski definition) is 6. The van der Waals surface area contributed by atoms with E-state index in [-0.39, 0.29) is 11.6 Å². The van der Waals surface area contributed by atoms with Crippen molar-refractivity contribution in [2.75, 3.05) is 31.1 Å². The number of furan rings is 1. The van der Waals surface area contributed by atoms with Crippen LogP contribution in [0.2, 0.25) is 10.0 Å². The molecular weight excluding hydrogens is 511 g/mol. The second kappa shape index (κ2) is 10.9. The maximum absolute atomic E-state index is 12.4. The van der Waals surface area contributed by atoms with Gasteiger partial charge in [0.2, 0.25) is 5.91 Å². The summed E-state index contributed by atoms with van der Waals surface area (Å²) in [5, 5.41) is 14.7. The number of amides is 1. The molecule has 0 aliphatic carbocycles. The van der Waals surface area contributed by atoms with Crippen molar-refractivity contribution in [3.8, 4) is 11.3 Å². The second-order valence-corrected chi connectivity index (χ2v) is 8.85. The van der Waals surface area contributed by atoms with Crippen LogP contribution in [0.15, 0.2) is 65.1 Å². The minimum atomic E-state index is -0.420. The van der Waals surface area contributed by atoms with Crippen molar-refractivity contribution in [3.05, 3.63) is 86.6 Å². The molecule has 3 aromatic rings. The summed E-state index contributed by atoms with van der Waals surface area (Å²) in [6.07, 6.45) is 2.90. The first-order valence-corrected chi connectivity index (χ1v) is 11.8. The summed E-state index contributed by atoms with van der Waals surface area (Å²) in [5.41, 5.74) is 1.63. The van der Waals surface area contributed by atoms with Crippen LogP contribution in [0.5, 0.6) is 0 Å². The molecule has 0 bridgehead atoms. The Bertz CT molecular complexity index is 1280. The van der Waals surface area contributed by atoms with Gasteiger partial charge in [-0.1, -0.05) is 29.3 Å². The first kappa shape index (κ1) is 24.7. The summed E-state index contributed by atoms with van der Waals surface area (Å²) < 4.78 is 5.76. The van der Waals surface area contributed by atoms with Crippen LogP contribution < -0.4 is 10.2 Å². The monoisotopic (exact) mass is 530 g/mol. The van der Waals surface area contributed by atoms with Gasteiger partial charge in [-0.25, -0.2) is 0 Å². The van der Waals surface area contributed by atoms with Crippen molar-refractivity contribution in [2.45, 2.75) is 0 Å². The molecule has 0 spiro atoms. The number of hydrogen-bond donors (Lipinski definition) is 1. The van der Waals surface area contributed by atoms with Crippen molar-refractivity contribution in [3.63, 3.8) is 0 Å². The highest BCUT2D eigenvalue weighted by molar-refractivity contribution is 7.80. The van der Waals surface area contributed by atoms with E-state index in [0.29, 0.717) is 58.4 Å². The van der Waals surface area contributed by atoms with Gasteiger partial charge in [0.15, 0.2) is 5.11 Å². The number of nitro benzene ring substituents is 1. The third-order valence-electron chi connectivity index (χ3n) is 5.47. The van der Waals surface area contributed by atoms with Gasteiger partial charge in [0.25, 0.3) is 5.69 Å². The number of halogens is 2. The van der Waals surface area contributed by atoms with Gasteiger partial charge in [-0.15, -0.1) is 0 Å². The number of non-ortho nitro benzene ring substituents is 1. The molecule has 0 radical (unpaired) electrons. The van der Waals surface area contributed by atoms with Crippen LogP contribution in [0.25, 0.3) is 17.4 Å². The van der Waals surface area contributed by atoms with Gasteiger partial charge in [-0.3, -0.25) is 20.2 Å². The molecule has 0 atom stereocenters. The third kappa shape index (κ3) is 6.00. The summed E-state index contributed by atoms with van der Waals surface area (Å²) in [6.45, 7) is 2.57. The van der Waals surface area contributed by atoms with Gasteiger partial charge in [-0.05, 0) is 54.7 Å². The number of benzene rings is 2. The number of nitrogens with one attached hydrogen (secondary N) is 1. The zero-order valence-corrected chi connectivity index (χ0v) is 20.6. The van der Waals surface area contributed by atoms with Crippen molar-refractivity contribution in [1.29, 1.82) is 0 Å². The van der Waals surface area contributed by atoms with Gasteiger partial charge < -0.3 is 14.2 Å². The number of thiocarbonyl (C=S) groups is 1. The van der Waals surface area contributed by atoms with Crippen molar-refractivity contribution >= 4 is 63.9 Å². The van der Waals surface area contributed by atoms with Gasteiger partial charge in [0.05, 0.1) is 15.0 Å². The Hall–Kier alpha value is -3.40. The molecule has 1 amide bonds. The third-order valence-corrected chi connectivity index (χ3v) is 6.64. The quantitative estimate of drug-likeness (QED) is 0.204. The SMILES string of the molecule is O=C(C=Cc1ccc(-c2cccc(Cl)c2Cl)o1)NC(=S)N1CCN(c2ccc([N+](=O)[O-])cc2)CC1. The average molecular weight is 531 g/mol. The van der Waals surface area contributed by atoms with E-state index < -0.39 is 4.92 Å². The number of carbonyl (C=O) groups is 1. The van der Waals surface area contributed by atoms with Crippen LogP contribution in [0.4, 0.5) is 11.4 Å². The van der Waals surface area contributed by atoms with Gasteiger partial charge in [-0.2, -0.15) is 0 Å². The minimum absolute atomic E-state index is 0.0587. The Labute approximate surface area is 216 Å². The molecule has 0 unspecified atom stereocenters. The minimum Gasteiger partial charge on any atom is -0.457 e. The molecule has 1 aliphatic heterocycles. The molecule has 1 fully saturated rings. The molecule has 11 heteroatoms. The van der Waals surface area contributed by atoms with Crippen LogP contribution in [0.1, 0.15) is 5.76 Å². The van der Waals surface area contributed by atoms with Crippen LogP contribution in [0, 0.1) is 10.1 Å². The number of nitrogens with zero attached hydrogens (tertiary/aromatic N) is 3. The fourth-order valence-electron chi connectivity index (χ4n) is 3.62. The van der Waals surface area contributed by atoms with Crippen molar-refractivity contribution in [2.24, 2.45) is 0 Å². The Kier molecular flexibility index (Phi) is 7.70. The fraction of sp³-hybridized carbons (Fsp3) is 0.167. The van der Waals surface area contributed by atoms with Crippen molar-refractivity contribution < 1.29 is 14.1 Å². The number of rotatable bonds is 5. The number of nitro groups is 1. The lowest BCUT2D eigenvalue weighted by molar-refractivity contribution is -0.384. The smallest absolute Gasteiger partial charge is 0.269 e. The Morgan fingerprint density at radius 3 is 2.46 bits per heavy atom. The van der Waals surface area contributed by atoms with E-state index in [1.807, 2.05) is 4.90 Å². The fourth-order valence-corrected chi connectivity index (χ4v) is 4.29. The van der Waals surface area contributed by atoms with E-state index >= 15 is 0 Å². The second-order valence-electron chi connectivity index (χ2n) is 7.68. The summed E-state index contributed by atoms with van der Waals surface area (Å²) in [7, 11) is 0. The predicted octanol–water partition coefficient (Wildman–Crippen LogP) is 5.40. The highest BCUT2D eigenvalue weighted by Gasteiger charge is 2.20. The zero-order valence-electron chi connectivity index (χ0n) is 18.3. The molecule has 180 valence electrons. The van der Waals surface area contributed by atoms with E-state index in [1.165, 1.54) is 18.2 Å². The highest BCUT2D eigenvalue weighted by Crippen LogP contribution is 2.34. The predicted molar refractivity (Wildman–Crippen MR) is 141 cm³/mol. The normalized spacial score (nSPS) is 13.8. The molecule has 1 aliphatic rings. The zero-order chi connectivity index (χ0) is 24.9. The van der Waals surface area contributed by atoms with E-state index in [4.69, 9.17) is 39.8 Å². The summed E-state index contributed by atoms with van der Waals surface area (Å²) in [5.74, 6) is 0.652. The molecule has 2 aromatic carbocycles. The molecular formula is C24H20Cl2N4O4S. The summed E-state index contributed by atoms with van der Waals surface area (Å²) in [4.78, 5) is 26.8. The van der Waals surface area contributed by atoms with Crippen LogP contribution in [-0.2, 0) is 4.79 Å². The molecule has 4 rings (SSSR count). The van der Waals surface area contributed by atoms with E-state index in [9.17, 15) is 14.9 Å². The van der Waals surface area contributed by atoms with E-state index in [2.05, 4.69) is 10.2 Å². The number of carbonyl (C=O) groups excluding carboxylic acids is 1. The number of anilines is 1. The lowest BCUT2D eigenvalue weighted by atomic mass is 10.2. The first-order chi connectivity index (χ1) is 16.8.